The molecule has 16 heavy (non-hydrogen) atoms. The van der Waals surface area contributed by atoms with Gasteiger partial charge in [-0.25, -0.2) is 0 Å². The zero-order valence-electron chi connectivity index (χ0n) is 8.93. The molecule has 0 unspecified atom stereocenters. The van der Waals surface area contributed by atoms with Crippen molar-refractivity contribution >= 4 is 5.69 Å². The van der Waals surface area contributed by atoms with Crippen LogP contribution in [0.2, 0.25) is 0 Å². The van der Waals surface area contributed by atoms with Crippen molar-refractivity contribution in [1.29, 1.82) is 0 Å². The topological polar surface area (TPSA) is 55.2 Å². The van der Waals surface area contributed by atoms with E-state index in [0.717, 1.165) is 24.9 Å². The van der Waals surface area contributed by atoms with Gasteiger partial charge in [0.15, 0.2) is 0 Å². The molecule has 0 atom stereocenters. The molecule has 4 heteroatoms. The number of nitrogens with one attached hydrogen (secondary N) is 1. The summed E-state index contributed by atoms with van der Waals surface area (Å²) in [5, 5.41) is 13.9. The van der Waals surface area contributed by atoms with Gasteiger partial charge in [0.05, 0.1) is 4.92 Å². The Morgan fingerprint density at radius 1 is 1.25 bits per heavy atom. The second-order valence-corrected chi connectivity index (χ2v) is 3.94. The van der Waals surface area contributed by atoms with E-state index in [9.17, 15) is 10.1 Å². The average Bonchev–Trinajstić information content (AvgIpc) is 2.80. The smallest absolute Gasteiger partial charge is 0.269 e. The molecule has 0 aromatic heterocycles. The normalized spacial score (nSPS) is 15.5. The molecule has 4 nitrogen and oxygen atoms in total. The van der Waals surface area contributed by atoms with Crippen molar-refractivity contribution < 1.29 is 4.92 Å². The summed E-state index contributed by atoms with van der Waals surface area (Å²) in [6.07, 6.45) is 6.50. The number of benzene rings is 1. The van der Waals surface area contributed by atoms with E-state index in [2.05, 4.69) is 17.5 Å². The van der Waals surface area contributed by atoms with E-state index in [0.29, 0.717) is 6.04 Å². The molecule has 84 valence electrons. The molecule has 0 spiro atoms. The summed E-state index contributed by atoms with van der Waals surface area (Å²) in [5.74, 6) is 0. The maximum absolute atomic E-state index is 10.5. The van der Waals surface area contributed by atoms with Gasteiger partial charge in [-0.05, 0) is 18.4 Å². The first-order valence-electron chi connectivity index (χ1n) is 5.37. The van der Waals surface area contributed by atoms with Crippen LogP contribution in [-0.2, 0) is 6.54 Å². The van der Waals surface area contributed by atoms with Crippen LogP contribution in [0.3, 0.4) is 0 Å². The van der Waals surface area contributed by atoms with Crippen molar-refractivity contribution in [3.05, 3.63) is 52.1 Å². The predicted molar refractivity (Wildman–Crippen MR) is 62.1 cm³/mol. The second-order valence-electron chi connectivity index (χ2n) is 3.94. The lowest BCUT2D eigenvalue weighted by atomic mass is 10.2. The van der Waals surface area contributed by atoms with Crippen molar-refractivity contribution in [3.8, 4) is 0 Å². The predicted octanol–water partition coefficient (Wildman–Crippen LogP) is 2.40. The van der Waals surface area contributed by atoms with Gasteiger partial charge in [-0.2, -0.15) is 0 Å². The van der Waals surface area contributed by atoms with Crippen molar-refractivity contribution in [2.75, 3.05) is 0 Å². The number of nitro groups is 1. The summed E-state index contributed by atoms with van der Waals surface area (Å²) >= 11 is 0. The van der Waals surface area contributed by atoms with Crippen LogP contribution in [0.4, 0.5) is 5.69 Å². The van der Waals surface area contributed by atoms with E-state index >= 15 is 0 Å². The number of non-ortho nitro benzene ring substituents is 1. The lowest BCUT2D eigenvalue weighted by Gasteiger charge is -2.11. The van der Waals surface area contributed by atoms with E-state index in [1.165, 1.54) is 0 Å². The maximum atomic E-state index is 10.5. The van der Waals surface area contributed by atoms with Crippen LogP contribution < -0.4 is 5.32 Å². The molecular formula is C12H14N2O2. The van der Waals surface area contributed by atoms with Crippen molar-refractivity contribution in [3.63, 3.8) is 0 Å². The third kappa shape index (κ3) is 2.67. The first-order chi connectivity index (χ1) is 7.75. The van der Waals surface area contributed by atoms with Crippen molar-refractivity contribution in [1.82, 2.24) is 5.32 Å². The SMILES string of the molecule is O=[N+]([O-])c1ccc(CNC2CC=CC2)cc1. The summed E-state index contributed by atoms with van der Waals surface area (Å²) in [4.78, 5) is 10.1. The molecule has 1 aromatic carbocycles. The Labute approximate surface area is 94.1 Å². The van der Waals surface area contributed by atoms with Gasteiger partial charge in [0.25, 0.3) is 5.69 Å². The number of rotatable bonds is 4. The molecule has 0 saturated heterocycles. The first kappa shape index (κ1) is 10.8. The Balaban J connectivity index is 1.87. The van der Waals surface area contributed by atoms with Crippen LogP contribution in [0.25, 0.3) is 0 Å². The molecule has 0 bridgehead atoms. The van der Waals surface area contributed by atoms with E-state index in [4.69, 9.17) is 0 Å². The average molecular weight is 218 g/mol. The maximum Gasteiger partial charge on any atom is 0.269 e. The molecule has 1 aromatic rings. The highest BCUT2D eigenvalue weighted by atomic mass is 16.6. The van der Waals surface area contributed by atoms with Gasteiger partial charge in [-0.1, -0.05) is 24.3 Å². The Kier molecular flexibility index (Phi) is 3.31. The third-order valence-electron chi connectivity index (χ3n) is 2.75. The Hall–Kier alpha value is -1.68. The van der Waals surface area contributed by atoms with Crippen molar-refractivity contribution in [2.45, 2.75) is 25.4 Å². The van der Waals surface area contributed by atoms with Crippen LogP contribution >= 0.6 is 0 Å². The molecule has 0 radical (unpaired) electrons. The summed E-state index contributed by atoms with van der Waals surface area (Å²) < 4.78 is 0. The third-order valence-corrected chi connectivity index (χ3v) is 2.75. The Bertz CT molecular complexity index is 390. The highest BCUT2D eigenvalue weighted by Crippen LogP contribution is 2.13. The number of nitrogens with zero attached hydrogens (tertiary/aromatic N) is 1. The quantitative estimate of drug-likeness (QED) is 0.479. The molecule has 0 saturated carbocycles. The molecule has 0 fully saturated rings. The molecule has 0 heterocycles. The highest BCUT2D eigenvalue weighted by molar-refractivity contribution is 5.32. The highest BCUT2D eigenvalue weighted by Gasteiger charge is 2.09. The molecule has 2 rings (SSSR count). The Morgan fingerprint density at radius 2 is 1.88 bits per heavy atom. The minimum absolute atomic E-state index is 0.145. The van der Waals surface area contributed by atoms with Crippen LogP contribution in [0.1, 0.15) is 18.4 Å². The molecule has 1 aliphatic carbocycles. The fourth-order valence-electron chi connectivity index (χ4n) is 1.78. The largest absolute Gasteiger partial charge is 0.309 e. The summed E-state index contributed by atoms with van der Waals surface area (Å²) in [5.41, 5.74) is 1.23. The lowest BCUT2D eigenvalue weighted by Crippen LogP contribution is -2.25. The molecular weight excluding hydrogens is 204 g/mol. The van der Waals surface area contributed by atoms with Crippen LogP contribution in [0.15, 0.2) is 36.4 Å². The molecule has 0 aliphatic heterocycles. The lowest BCUT2D eigenvalue weighted by molar-refractivity contribution is -0.384. The van der Waals surface area contributed by atoms with Gasteiger partial charge in [0, 0.05) is 24.7 Å². The fraction of sp³-hybridized carbons (Fsp3) is 0.333. The molecule has 1 N–H and O–H groups in total. The molecule has 0 amide bonds. The van der Waals surface area contributed by atoms with Gasteiger partial charge in [0.2, 0.25) is 0 Å². The summed E-state index contributed by atoms with van der Waals surface area (Å²) in [6, 6.07) is 7.21. The van der Waals surface area contributed by atoms with Crippen LogP contribution in [0.5, 0.6) is 0 Å². The van der Waals surface area contributed by atoms with E-state index in [1.807, 2.05) is 0 Å². The standard InChI is InChI=1S/C12H14N2O2/c15-14(16)12-7-5-10(6-8-12)9-13-11-3-1-2-4-11/h1-2,5-8,11,13H,3-4,9H2. The summed E-state index contributed by atoms with van der Waals surface area (Å²) in [7, 11) is 0. The van der Waals surface area contributed by atoms with Gasteiger partial charge in [-0.3, -0.25) is 10.1 Å². The molecule has 1 aliphatic rings. The van der Waals surface area contributed by atoms with E-state index in [1.54, 1.807) is 24.3 Å². The summed E-state index contributed by atoms with van der Waals surface area (Å²) in [6.45, 7) is 0.768. The number of hydrogen-bond donors (Lipinski definition) is 1. The van der Waals surface area contributed by atoms with Gasteiger partial charge >= 0.3 is 0 Å². The van der Waals surface area contributed by atoms with Crippen LogP contribution in [-0.4, -0.2) is 11.0 Å². The van der Waals surface area contributed by atoms with Crippen LogP contribution in [0, 0.1) is 10.1 Å². The zero-order valence-corrected chi connectivity index (χ0v) is 8.93. The minimum Gasteiger partial charge on any atom is -0.309 e. The second kappa shape index (κ2) is 4.90. The van der Waals surface area contributed by atoms with Crippen molar-refractivity contribution in [2.24, 2.45) is 0 Å². The minimum atomic E-state index is -0.377. The fourth-order valence-corrected chi connectivity index (χ4v) is 1.78. The van der Waals surface area contributed by atoms with E-state index < -0.39 is 0 Å². The zero-order chi connectivity index (χ0) is 11.4. The van der Waals surface area contributed by atoms with Gasteiger partial charge in [-0.15, -0.1) is 0 Å². The van der Waals surface area contributed by atoms with E-state index in [-0.39, 0.29) is 10.6 Å². The van der Waals surface area contributed by atoms with Gasteiger partial charge in [0.1, 0.15) is 0 Å². The Morgan fingerprint density at radius 3 is 2.44 bits per heavy atom. The number of nitro benzene ring substituents is 1. The monoisotopic (exact) mass is 218 g/mol. The van der Waals surface area contributed by atoms with Gasteiger partial charge < -0.3 is 5.32 Å². The first-order valence-corrected chi connectivity index (χ1v) is 5.37. The number of hydrogen-bond acceptors (Lipinski definition) is 3.